The van der Waals surface area contributed by atoms with Gasteiger partial charge in [0.15, 0.2) is 0 Å². The van der Waals surface area contributed by atoms with Gasteiger partial charge in [-0.1, -0.05) is 23.7 Å². The second-order valence-corrected chi connectivity index (χ2v) is 11.2. The lowest BCUT2D eigenvalue weighted by Gasteiger charge is -2.18. The van der Waals surface area contributed by atoms with Crippen LogP contribution in [0.2, 0.25) is 5.02 Å². The van der Waals surface area contributed by atoms with Crippen LogP contribution >= 0.6 is 23.4 Å². The quantitative estimate of drug-likeness (QED) is 0.642. The SMILES string of the molecule is O=C1Nc2cc(S(=O)(=O)NCc3ccc(Cl)cc3)ccc2SC[C@@H]1CC(=O)N1CCCC1. The number of halogens is 1. The van der Waals surface area contributed by atoms with Crippen LogP contribution in [0.3, 0.4) is 0 Å². The molecule has 0 bridgehead atoms. The van der Waals surface area contributed by atoms with E-state index in [2.05, 4.69) is 10.0 Å². The molecule has 1 saturated heterocycles. The fourth-order valence-corrected chi connectivity index (χ4v) is 5.97. The Kier molecular flexibility index (Phi) is 7.09. The standard InChI is InChI=1S/C22H24ClN3O4S2/c23-17-5-3-15(4-6-17)13-24-32(29,30)18-7-8-20-19(12-18)25-22(28)16(14-31-20)11-21(27)26-9-1-2-10-26/h3-8,12,16,24H,1-2,9-11,13-14H2,(H,25,28)/t16-/m0/s1. The molecule has 2 aliphatic rings. The smallest absolute Gasteiger partial charge is 0.240 e. The Balaban J connectivity index is 1.44. The highest BCUT2D eigenvalue weighted by molar-refractivity contribution is 7.99. The lowest BCUT2D eigenvalue weighted by Crippen LogP contribution is -2.33. The third-order valence-electron chi connectivity index (χ3n) is 5.59. The predicted molar refractivity (Wildman–Crippen MR) is 125 cm³/mol. The van der Waals surface area contributed by atoms with Gasteiger partial charge in [0.05, 0.1) is 16.5 Å². The van der Waals surface area contributed by atoms with E-state index in [9.17, 15) is 18.0 Å². The van der Waals surface area contributed by atoms with Gasteiger partial charge in [0, 0.05) is 41.7 Å². The summed E-state index contributed by atoms with van der Waals surface area (Å²) in [5.41, 5.74) is 1.23. The summed E-state index contributed by atoms with van der Waals surface area (Å²) in [6, 6.07) is 11.6. The minimum atomic E-state index is -3.78. The summed E-state index contributed by atoms with van der Waals surface area (Å²) in [6.07, 6.45) is 2.18. The molecule has 7 nitrogen and oxygen atoms in total. The Labute approximate surface area is 196 Å². The van der Waals surface area contributed by atoms with Crippen LogP contribution in [-0.2, 0) is 26.2 Å². The van der Waals surface area contributed by atoms with Gasteiger partial charge in [0.1, 0.15) is 0 Å². The average molecular weight is 494 g/mol. The molecule has 1 atom stereocenters. The maximum absolute atomic E-state index is 12.8. The first-order chi connectivity index (χ1) is 15.3. The highest BCUT2D eigenvalue weighted by Gasteiger charge is 2.29. The van der Waals surface area contributed by atoms with Crippen molar-refractivity contribution in [3.63, 3.8) is 0 Å². The summed E-state index contributed by atoms with van der Waals surface area (Å²) in [4.78, 5) is 27.9. The summed E-state index contributed by atoms with van der Waals surface area (Å²) in [5.74, 6) is -0.237. The van der Waals surface area contributed by atoms with Crippen molar-refractivity contribution < 1.29 is 18.0 Å². The molecule has 170 valence electrons. The summed E-state index contributed by atoms with van der Waals surface area (Å²) < 4.78 is 28.1. The number of anilines is 1. The number of carbonyl (C=O) groups is 2. The van der Waals surface area contributed by atoms with Crippen LogP contribution in [0.25, 0.3) is 0 Å². The molecule has 0 unspecified atom stereocenters. The van der Waals surface area contributed by atoms with E-state index in [4.69, 9.17) is 11.6 Å². The number of amides is 2. The van der Waals surface area contributed by atoms with E-state index in [1.807, 2.05) is 4.90 Å². The molecule has 0 aliphatic carbocycles. The van der Waals surface area contributed by atoms with Crippen molar-refractivity contribution in [2.45, 2.75) is 35.6 Å². The van der Waals surface area contributed by atoms with Crippen LogP contribution in [0, 0.1) is 5.92 Å². The number of hydrogen-bond donors (Lipinski definition) is 2. The van der Waals surface area contributed by atoms with Crippen molar-refractivity contribution in [2.75, 3.05) is 24.2 Å². The number of thioether (sulfide) groups is 1. The second kappa shape index (κ2) is 9.82. The van der Waals surface area contributed by atoms with E-state index in [0.29, 0.717) is 16.5 Å². The monoisotopic (exact) mass is 493 g/mol. The molecule has 2 amide bonds. The van der Waals surface area contributed by atoms with Gasteiger partial charge < -0.3 is 10.2 Å². The topological polar surface area (TPSA) is 95.6 Å². The molecule has 0 spiro atoms. The number of fused-ring (bicyclic) bond motifs is 1. The summed E-state index contributed by atoms with van der Waals surface area (Å²) in [5, 5.41) is 3.40. The molecule has 2 aliphatic heterocycles. The first-order valence-corrected chi connectivity index (χ1v) is 13.3. The second-order valence-electron chi connectivity index (χ2n) is 7.90. The van der Waals surface area contributed by atoms with Crippen LogP contribution < -0.4 is 10.0 Å². The van der Waals surface area contributed by atoms with Gasteiger partial charge in [-0.3, -0.25) is 9.59 Å². The van der Waals surface area contributed by atoms with Gasteiger partial charge in [-0.25, -0.2) is 13.1 Å². The molecule has 4 rings (SSSR count). The molecule has 2 aromatic carbocycles. The van der Waals surface area contributed by atoms with Crippen LogP contribution in [0.1, 0.15) is 24.8 Å². The average Bonchev–Trinajstić information content (AvgIpc) is 3.27. The molecule has 0 saturated carbocycles. The molecule has 10 heteroatoms. The van der Waals surface area contributed by atoms with Crippen LogP contribution in [0.4, 0.5) is 5.69 Å². The molecule has 2 N–H and O–H groups in total. The molecule has 32 heavy (non-hydrogen) atoms. The van der Waals surface area contributed by atoms with E-state index in [0.717, 1.165) is 36.4 Å². The Morgan fingerprint density at radius 3 is 2.59 bits per heavy atom. The minimum Gasteiger partial charge on any atom is -0.343 e. The van der Waals surface area contributed by atoms with Crippen LogP contribution in [-0.4, -0.2) is 44.0 Å². The maximum atomic E-state index is 12.8. The normalized spacial score (nSPS) is 18.7. The number of hydrogen-bond acceptors (Lipinski definition) is 5. The van der Waals surface area contributed by atoms with Crippen molar-refractivity contribution in [1.29, 1.82) is 0 Å². The fraction of sp³-hybridized carbons (Fsp3) is 0.364. The summed E-state index contributed by atoms with van der Waals surface area (Å²) in [6.45, 7) is 1.63. The van der Waals surface area contributed by atoms with Crippen molar-refractivity contribution >= 4 is 50.9 Å². The van der Waals surface area contributed by atoms with E-state index < -0.39 is 15.9 Å². The van der Waals surface area contributed by atoms with E-state index in [-0.39, 0.29) is 29.7 Å². The largest absolute Gasteiger partial charge is 0.343 e. The Bertz CT molecular complexity index is 1120. The number of rotatable bonds is 6. The van der Waals surface area contributed by atoms with E-state index in [1.165, 1.54) is 23.9 Å². The van der Waals surface area contributed by atoms with Gasteiger partial charge >= 0.3 is 0 Å². The number of sulfonamides is 1. The molecule has 2 aromatic rings. The number of likely N-dealkylation sites (tertiary alicyclic amines) is 1. The summed E-state index contributed by atoms with van der Waals surface area (Å²) >= 11 is 7.32. The van der Waals surface area contributed by atoms with Crippen molar-refractivity contribution in [3.8, 4) is 0 Å². The predicted octanol–water partition coefficient (Wildman–Crippen LogP) is 3.49. The third kappa shape index (κ3) is 5.46. The molecular formula is C22H24ClN3O4S2. The highest BCUT2D eigenvalue weighted by Crippen LogP contribution is 2.35. The zero-order chi connectivity index (χ0) is 22.7. The number of nitrogens with one attached hydrogen (secondary N) is 2. The summed E-state index contributed by atoms with van der Waals surface area (Å²) in [7, 11) is -3.78. The van der Waals surface area contributed by atoms with Gasteiger partial charge in [0.25, 0.3) is 0 Å². The van der Waals surface area contributed by atoms with Crippen LogP contribution in [0.15, 0.2) is 52.3 Å². The Hall–Kier alpha value is -2.07. The Morgan fingerprint density at radius 2 is 1.88 bits per heavy atom. The van der Waals surface area contributed by atoms with Gasteiger partial charge in [0.2, 0.25) is 21.8 Å². The zero-order valence-electron chi connectivity index (χ0n) is 17.3. The zero-order valence-corrected chi connectivity index (χ0v) is 19.7. The molecular weight excluding hydrogens is 470 g/mol. The Morgan fingerprint density at radius 1 is 1.16 bits per heavy atom. The van der Waals surface area contributed by atoms with Crippen molar-refractivity contribution in [1.82, 2.24) is 9.62 Å². The van der Waals surface area contributed by atoms with Crippen molar-refractivity contribution in [2.24, 2.45) is 5.92 Å². The molecule has 2 heterocycles. The van der Waals surface area contributed by atoms with Gasteiger partial charge in [-0.15, -0.1) is 11.8 Å². The lowest BCUT2D eigenvalue weighted by molar-refractivity contribution is -0.133. The number of carbonyl (C=O) groups excluding carboxylic acids is 2. The van der Waals surface area contributed by atoms with E-state index in [1.54, 1.807) is 30.3 Å². The lowest BCUT2D eigenvalue weighted by atomic mass is 10.1. The molecule has 1 fully saturated rings. The van der Waals surface area contributed by atoms with Crippen LogP contribution in [0.5, 0.6) is 0 Å². The fourth-order valence-electron chi connectivity index (χ4n) is 3.72. The minimum absolute atomic E-state index is 0.00359. The number of nitrogens with zero attached hydrogens (tertiary/aromatic N) is 1. The molecule has 0 aromatic heterocycles. The molecule has 0 radical (unpaired) electrons. The maximum Gasteiger partial charge on any atom is 0.240 e. The first-order valence-electron chi connectivity index (χ1n) is 10.4. The highest BCUT2D eigenvalue weighted by atomic mass is 35.5. The first kappa shape index (κ1) is 23.1. The van der Waals surface area contributed by atoms with Gasteiger partial charge in [-0.2, -0.15) is 0 Å². The third-order valence-corrected chi connectivity index (χ3v) is 8.48. The van der Waals surface area contributed by atoms with Gasteiger partial charge in [-0.05, 0) is 48.7 Å². The van der Waals surface area contributed by atoms with E-state index >= 15 is 0 Å². The number of benzene rings is 2. The van der Waals surface area contributed by atoms with Crippen molar-refractivity contribution in [3.05, 3.63) is 53.1 Å².